The van der Waals surface area contributed by atoms with Crippen molar-refractivity contribution >= 4 is 61.2 Å². The first kappa shape index (κ1) is 33.4. The summed E-state index contributed by atoms with van der Waals surface area (Å²) in [6.07, 6.45) is 1.64. The first-order valence-electron chi connectivity index (χ1n) is 14.4. The van der Waals surface area contributed by atoms with Gasteiger partial charge in [-0.15, -0.1) is 0 Å². The number of nitrogens with zero attached hydrogens (tertiary/aromatic N) is 2. The van der Waals surface area contributed by atoms with Crippen LogP contribution in [0.4, 0.5) is 0 Å². The number of rotatable bonds is 10. The molecular formula is C34H30Br2N2O7S. The Morgan fingerprint density at radius 2 is 1.76 bits per heavy atom. The number of allylic oxidation sites excluding steroid dienone is 1. The molecule has 3 aromatic carbocycles. The maximum Gasteiger partial charge on any atom is 0.338 e. The van der Waals surface area contributed by atoms with Crippen LogP contribution in [0.25, 0.3) is 6.08 Å². The molecule has 0 spiro atoms. The Balaban J connectivity index is 1.54. The number of esters is 1. The van der Waals surface area contributed by atoms with Crippen molar-refractivity contribution in [2.24, 2.45) is 4.99 Å². The fraction of sp³-hybridized carbons (Fsp3) is 0.235. The fourth-order valence-corrected chi connectivity index (χ4v) is 7.50. The van der Waals surface area contributed by atoms with E-state index >= 15 is 0 Å². The molecule has 5 rings (SSSR count). The van der Waals surface area contributed by atoms with Gasteiger partial charge in [0.15, 0.2) is 4.80 Å². The number of aromatic carboxylic acids is 1. The van der Waals surface area contributed by atoms with Crippen molar-refractivity contribution in [3.05, 3.63) is 123 Å². The lowest BCUT2D eigenvalue weighted by molar-refractivity contribution is -0.139. The highest BCUT2D eigenvalue weighted by molar-refractivity contribution is 9.11. The Bertz CT molecular complexity index is 2010. The Morgan fingerprint density at radius 3 is 2.39 bits per heavy atom. The van der Waals surface area contributed by atoms with Gasteiger partial charge in [-0.1, -0.05) is 41.7 Å². The highest BCUT2D eigenvalue weighted by Gasteiger charge is 2.35. The lowest BCUT2D eigenvalue weighted by Gasteiger charge is -2.26. The molecule has 9 nitrogen and oxygen atoms in total. The minimum absolute atomic E-state index is 0.130. The lowest BCUT2D eigenvalue weighted by atomic mass is 9.95. The van der Waals surface area contributed by atoms with Gasteiger partial charge in [0.2, 0.25) is 0 Å². The minimum Gasteiger partial charge on any atom is -0.491 e. The second-order valence-electron chi connectivity index (χ2n) is 10.6. The second-order valence-corrected chi connectivity index (χ2v) is 13.3. The third kappa shape index (κ3) is 7.03. The van der Waals surface area contributed by atoms with Crippen LogP contribution in [0.1, 0.15) is 60.8 Å². The number of benzene rings is 3. The van der Waals surface area contributed by atoms with Crippen LogP contribution in [0.3, 0.4) is 0 Å². The molecule has 0 aliphatic carbocycles. The van der Waals surface area contributed by atoms with E-state index in [9.17, 15) is 14.4 Å². The van der Waals surface area contributed by atoms with Gasteiger partial charge in [-0.25, -0.2) is 14.6 Å². The molecule has 46 heavy (non-hydrogen) atoms. The van der Waals surface area contributed by atoms with Gasteiger partial charge in [0.1, 0.15) is 24.1 Å². The Kier molecular flexibility index (Phi) is 10.3. The van der Waals surface area contributed by atoms with Gasteiger partial charge in [-0.3, -0.25) is 9.36 Å². The molecule has 1 N–H and O–H groups in total. The third-order valence-corrected chi connectivity index (χ3v) is 9.16. The van der Waals surface area contributed by atoms with Gasteiger partial charge in [0.05, 0.1) is 43.0 Å². The number of carboxylic acids is 1. The van der Waals surface area contributed by atoms with Crippen molar-refractivity contribution < 1.29 is 28.9 Å². The first-order valence-corrected chi connectivity index (χ1v) is 16.8. The average molecular weight is 770 g/mol. The molecule has 0 saturated carbocycles. The van der Waals surface area contributed by atoms with Crippen molar-refractivity contribution in [1.29, 1.82) is 0 Å². The highest BCUT2D eigenvalue weighted by Crippen LogP contribution is 2.37. The van der Waals surface area contributed by atoms with Crippen molar-refractivity contribution in [3.8, 4) is 11.5 Å². The Hall–Kier alpha value is -4.00. The van der Waals surface area contributed by atoms with E-state index in [1.165, 1.54) is 28.0 Å². The number of carbonyl (C=O) groups excluding carboxylic acids is 1. The summed E-state index contributed by atoms with van der Waals surface area (Å²) in [4.78, 5) is 43.7. The van der Waals surface area contributed by atoms with Crippen LogP contribution in [0, 0.1) is 0 Å². The number of hydrogen-bond acceptors (Lipinski definition) is 8. The van der Waals surface area contributed by atoms with E-state index < -0.39 is 18.0 Å². The summed E-state index contributed by atoms with van der Waals surface area (Å²) in [6, 6.07) is 16.7. The number of carboxylic acid groups (broad SMARTS) is 1. The molecule has 238 valence electrons. The van der Waals surface area contributed by atoms with Crippen LogP contribution < -0.4 is 24.4 Å². The summed E-state index contributed by atoms with van der Waals surface area (Å²) < 4.78 is 20.8. The first-order chi connectivity index (χ1) is 22.0. The highest BCUT2D eigenvalue weighted by atomic mass is 79.9. The molecule has 0 saturated heterocycles. The minimum atomic E-state index is -0.990. The number of hydrogen-bond donors (Lipinski definition) is 1. The molecule has 1 aliphatic heterocycles. The third-order valence-electron chi connectivity index (χ3n) is 7.00. The van der Waals surface area contributed by atoms with E-state index in [2.05, 4.69) is 36.9 Å². The predicted molar refractivity (Wildman–Crippen MR) is 182 cm³/mol. The normalized spacial score (nSPS) is 14.6. The van der Waals surface area contributed by atoms with E-state index in [0.29, 0.717) is 41.0 Å². The summed E-state index contributed by atoms with van der Waals surface area (Å²) in [5.41, 5.74) is 2.84. The Morgan fingerprint density at radius 1 is 1.09 bits per heavy atom. The molecule has 0 amide bonds. The van der Waals surface area contributed by atoms with E-state index in [4.69, 9.17) is 19.3 Å². The van der Waals surface area contributed by atoms with Crippen LogP contribution in [0.2, 0.25) is 0 Å². The van der Waals surface area contributed by atoms with E-state index in [0.717, 1.165) is 11.1 Å². The quantitative estimate of drug-likeness (QED) is 0.186. The van der Waals surface area contributed by atoms with Crippen LogP contribution in [0.5, 0.6) is 11.5 Å². The average Bonchev–Trinajstić information content (AvgIpc) is 3.30. The Labute approximate surface area is 285 Å². The molecule has 1 aliphatic rings. The predicted octanol–water partition coefficient (Wildman–Crippen LogP) is 6.39. The van der Waals surface area contributed by atoms with Crippen molar-refractivity contribution in [3.63, 3.8) is 0 Å². The number of para-hydroxylation sites is 1. The molecule has 1 aromatic heterocycles. The van der Waals surface area contributed by atoms with Crippen LogP contribution in [-0.4, -0.2) is 34.3 Å². The molecule has 4 aromatic rings. The molecule has 12 heteroatoms. The maximum atomic E-state index is 14.1. The zero-order chi connectivity index (χ0) is 33.1. The summed E-state index contributed by atoms with van der Waals surface area (Å²) in [6.45, 7) is 7.71. The zero-order valence-corrected chi connectivity index (χ0v) is 29.4. The molecule has 1 atom stereocenters. The number of thiazole rings is 1. The van der Waals surface area contributed by atoms with Gasteiger partial charge >= 0.3 is 11.9 Å². The van der Waals surface area contributed by atoms with E-state index in [-0.39, 0.29) is 36.0 Å². The van der Waals surface area contributed by atoms with Crippen molar-refractivity contribution in [2.75, 3.05) is 6.61 Å². The second kappa shape index (κ2) is 14.2. The summed E-state index contributed by atoms with van der Waals surface area (Å²) in [5, 5.41) is 9.12. The molecule has 2 heterocycles. The summed E-state index contributed by atoms with van der Waals surface area (Å²) in [5.74, 6) is -0.410. The standard InChI is InChI=1S/C34H30Br2N2O7S/c1-5-43-33(42)28-19(4)37-34-38(29(28)23-8-6-7-9-26(23)45-18(2)3)31(39)27(46-34)16-21-14-24(35)30(25(36)15-21)44-17-20-10-12-22(13-11-20)32(40)41/h6-16,18,29H,5,17H2,1-4H3,(H,40,41)/b27-16+/t29-/m1/s1. The van der Waals surface area contributed by atoms with Gasteiger partial charge in [-0.2, -0.15) is 0 Å². The monoisotopic (exact) mass is 768 g/mol. The summed E-state index contributed by atoms with van der Waals surface area (Å²) >= 11 is 8.39. The zero-order valence-electron chi connectivity index (χ0n) is 25.4. The number of fused-ring (bicyclic) bond motifs is 1. The number of carbonyl (C=O) groups is 2. The van der Waals surface area contributed by atoms with Crippen molar-refractivity contribution in [2.45, 2.75) is 46.4 Å². The van der Waals surface area contributed by atoms with Gasteiger partial charge < -0.3 is 19.3 Å². The van der Waals surface area contributed by atoms with Crippen LogP contribution in [0.15, 0.2) is 90.7 Å². The number of aromatic nitrogens is 1. The maximum absolute atomic E-state index is 14.1. The van der Waals surface area contributed by atoms with E-state index in [1.807, 2.05) is 50.2 Å². The van der Waals surface area contributed by atoms with Gasteiger partial charge in [0, 0.05) is 5.56 Å². The van der Waals surface area contributed by atoms with Crippen LogP contribution in [-0.2, 0) is 16.1 Å². The topological polar surface area (TPSA) is 116 Å². The molecule has 0 bridgehead atoms. The molecular weight excluding hydrogens is 740 g/mol. The van der Waals surface area contributed by atoms with Crippen LogP contribution >= 0.6 is 43.2 Å². The van der Waals surface area contributed by atoms with Crippen molar-refractivity contribution in [1.82, 2.24) is 4.57 Å². The number of halogens is 2. The lowest BCUT2D eigenvalue weighted by Crippen LogP contribution is -2.40. The smallest absolute Gasteiger partial charge is 0.338 e. The molecule has 0 unspecified atom stereocenters. The van der Waals surface area contributed by atoms with Gasteiger partial charge in [-0.05, 0) is 107 Å². The number of ether oxygens (including phenoxy) is 3. The summed E-state index contributed by atoms with van der Waals surface area (Å²) in [7, 11) is 0. The molecule has 0 radical (unpaired) electrons. The van der Waals surface area contributed by atoms with Gasteiger partial charge in [0.25, 0.3) is 5.56 Å². The fourth-order valence-electron chi connectivity index (χ4n) is 5.00. The SMILES string of the molecule is CCOC(=O)C1=C(C)N=c2s/c(=C/c3cc(Br)c(OCc4ccc(C(=O)O)cc4)c(Br)c3)c(=O)n2[C@@H]1c1ccccc1OC(C)C. The van der Waals surface area contributed by atoms with E-state index in [1.54, 1.807) is 32.1 Å². The largest absolute Gasteiger partial charge is 0.491 e. The molecule has 0 fully saturated rings.